The number of carbonyl (C=O) groups excluding carboxylic acids is 2. The highest BCUT2D eigenvalue weighted by Crippen LogP contribution is 2.29. The van der Waals surface area contributed by atoms with Crippen LogP contribution < -0.4 is 19.7 Å². The number of carbonyl (C=O) groups is 2. The summed E-state index contributed by atoms with van der Waals surface area (Å²) < 4.78 is 10.5. The van der Waals surface area contributed by atoms with Crippen LogP contribution in [0.2, 0.25) is 0 Å². The Morgan fingerprint density at radius 3 is 2.50 bits per heavy atom. The molecule has 1 aliphatic heterocycles. The van der Waals surface area contributed by atoms with Gasteiger partial charge in [0.15, 0.2) is 0 Å². The predicted molar refractivity (Wildman–Crippen MR) is 104 cm³/mol. The third kappa shape index (κ3) is 4.30. The Morgan fingerprint density at radius 2 is 1.86 bits per heavy atom. The fourth-order valence-electron chi connectivity index (χ4n) is 2.94. The van der Waals surface area contributed by atoms with E-state index in [2.05, 4.69) is 15.3 Å². The molecule has 1 saturated heterocycles. The van der Waals surface area contributed by atoms with Crippen molar-refractivity contribution >= 4 is 24.0 Å². The van der Waals surface area contributed by atoms with Crippen molar-refractivity contribution in [2.24, 2.45) is 0 Å². The Kier molecular flexibility index (Phi) is 5.93. The van der Waals surface area contributed by atoms with Gasteiger partial charge in [-0.05, 0) is 25.1 Å². The van der Waals surface area contributed by atoms with Gasteiger partial charge in [-0.2, -0.15) is 0 Å². The maximum Gasteiger partial charge on any atom is 0.274 e. The highest BCUT2D eigenvalue weighted by atomic mass is 16.5. The van der Waals surface area contributed by atoms with Crippen LogP contribution in [0, 0.1) is 6.92 Å². The molecule has 0 radical (unpaired) electrons. The van der Waals surface area contributed by atoms with Gasteiger partial charge in [-0.1, -0.05) is 0 Å². The summed E-state index contributed by atoms with van der Waals surface area (Å²) in [7, 11) is 3.08. The van der Waals surface area contributed by atoms with Gasteiger partial charge in [0.2, 0.25) is 12.4 Å². The van der Waals surface area contributed by atoms with Crippen molar-refractivity contribution in [1.29, 1.82) is 0 Å². The predicted octanol–water partition coefficient (Wildman–Crippen LogP) is 1.33. The molecule has 1 fully saturated rings. The molecule has 0 unspecified atom stereocenters. The van der Waals surface area contributed by atoms with Gasteiger partial charge in [0.05, 0.1) is 19.9 Å². The molecule has 0 bridgehead atoms. The summed E-state index contributed by atoms with van der Waals surface area (Å²) in [5, 5.41) is 2.82. The number of hydrogen-bond donors (Lipinski definition) is 1. The van der Waals surface area contributed by atoms with Crippen molar-refractivity contribution in [1.82, 2.24) is 14.9 Å². The van der Waals surface area contributed by atoms with E-state index in [-0.39, 0.29) is 11.6 Å². The number of benzene rings is 1. The number of amides is 2. The van der Waals surface area contributed by atoms with Crippen molar-refractivity contribution in [2.45, 2.75) is 6.92 Å². The average Bonchev–Trinajstić information content (AvgIpc) is 2.73. The molecule has 0 aliphatic carbocycles. The Hall–Kier alpha value is -3.36. The number of hydrogen-bond acceptors (Lipinski definition) is 7. The molecular formula is C19H23N5O4. The summed E-state index contributed by atoms with van der Waals surface area (Å²) in [4.78, 5) is 36.2. The lowest BCUT2D eigenvalue weighted by molar-refractivity contribution is -0.118. The molecule has 2 heterocycles. The Labute approximate surface area is 163 Å². The number of piperazine rings is 1. The largest absolute Gasteiger partial charge is 0.497 e. The van der Waals surface area contributed by atoms with E-state index in [0.717, 1.165) is 6.41 Å². The number of nitrogens with zero attached hydrogens (tertiary/aromatic N) is 4. The van der Waals surface area contributed by atoms with Gasteiger partial charge in [-0.15, -0.1) is 0 Å². The SMILES string of the molecule is COc1ccc(OC)c(NC(=O)c2cc(C)nc(N3CCN(C=O)CC3)n2)c1. The molecule has 3 rings (SSSR count). The standard InChI is InChI=1S/C19H23N5O4/c1-13-10-16(22-19(20-13)24-8-6-23(12-25)7-9-24)18(26)21-15-11-14(27-2)4-5-17(15)28-3/h4-5,10-12H,6-9H2,1-3H3,(H,21,26). The summed E-state index contributed by atoms with van der Waals surface area (Å²) in [6, 6.07) is 6.79. The molecule has 1 N–H and O–H groups in total. The van der Waals surface area contributed by atoms with E-state index in [1.54, 1.807) is 36.3 Å². The molecule has 2 amide bonds. The third-order valence-electron chi connectivity index (χ3n) is 4.48. The van der Waals surface area contributed by atoms with E-state index in [1.807, 2.05) is 11.8 Å². The number of ether oxygens (including phenoxy) is 2. The molecule has 9 heteroatoms. The molecular weight excluding hydrogens is 362 g/mol. The number of aryl methyl sites for hydroxylation is 1. The first-order valence-electron chi connectivity index (χ1n) is 8.87. The Bertz CT molecular complexity index is 865. The minimum absolute atomic E-state index is 0.255. The van der Waals surface area contributed by atoms with Gasteiger partial charge < -0.3 is 24.6 Å². The fraction of sp³-hybridized carbons (Fsp3) is 0.368. The number of anilines is 2. The van der Waals surface area contributed by atoms with Crippen molar-refractivity contribution in [3.63, 3.8) is 0 Å². The van der Waals surface area contributed by atoms with Gasteiger partial charge in [0.25, 0.3) is 5.91 Å². The number of rotatable bonds is 6. The number of nitrogens with one attached hydrogen (secondary N) is 1. The van der Waals surface area contributed by atoms with Gasteiger partial charge in [-0.25, -0.2) is 9.97 Å². The highest BCUT2D eigenvalue weighted by molar-refractivity contribution is 6.04. The smallest absolute Gasteiger partial charge is 0.274 e. The minimum atomic E-state index is -0.371. The van der Waals surface area contributed by atoms with E-state index in [0.29, 0.717) is 55.0 Å². The van der Waals surface area contributed by atoms with E-state index in [9.17, 15) is 9.59 Å². The van der Waals surface area contributed by atoms with Crippen LogP contribution in [0.3, 0.4) is 0 Å². The summed E-state index contributed by atoms with van der Waals surface area (Å²) in [5.41, 5.74) is 1.43. The summed E-state index contributed by atoms with van der Waals surface area (Å²) in [6.45, 7) is 4.25. The topological polar surface area (TPSA) is 96.9 Å². The second-order valence-corrected chi connectivity index (χ2v) is 6.34. The lowest BCUT2D eigenvalue weighted by Gasteiger charge is -2.32. The highest BCUT2D eigenvalue weighted by Gasteiger charge is 2.20. The molecule has 1 aromatic carbocycles. The molecule has 1 aromatic heterocycles. The zero-order chi connectivity index (χ0) is 20.1. The summed E-state index contributed by atoms with van der Waals surface area (Å²) in [6.07, 6.45) is 0.842. The van der Waals surface area contributed by atoms with Gasteiger partial charge in [0.1, 0.15) is 17.2 Å². The number of aromatic nitrogens is 2. The van der Waals surface area contributed by atoms with Crippen LogP contribution in [0.5, 0.6) is 11.5 Å². The second-order valence-electron chi connectivity index (χ2n) is 6.34. The quantitative estimate of drug-likeness (QED) is 0.750. The molecule has 0 spiro atoms. The van der Waals surface area contributed by atoms with Crippen molar-refractivity contribution in [3.05, 3.63) is 35.7 Å². The monoisotopic (exact) mass is 385 g/mol. The fourth-order valence-corrected chi connectivity index (χ4v) is 2.94. The van der Waals surface area contributed by atoms with E-state index < -0.39 is 0 Å². The first kappa shape index (κ1) is 19.4. The molecule has 0 saturated carbocycles. The zero-order valence-corrected chi connectivity index (χ0v) is 16.1. The molecule has 148 valence electrons. The maximum atomic E-state index is 12.8. The van der Waals surface area contributed by atoms with Crippen molar-refractivity contribution < 1.29 is 19.1 Å². The summed E-state index contributed by atoms with van der Waals surface area (Å²) >= 11 is 0. The van der Waals surface area contributed by atoms with E-state index in [1.165, 1.54) is 7.11 Å². The van der Waals surface area contributed by atoms with Crippen LogP contribution in [0.4, 0.5) is 11.6 Å². The van der Waals surface area contributed by atoms with Crippen molar-refractivity contribution in [2.75, 3.05) is 50.6 Å². The molecule has 2 aromatic rings. The van der Waals surface area contributed by atoms with Gasteiger partial charge in [-0.3, -0.25) is 9.59 Å². The lowest BCUT2D eigenvalue weighted by Crippen LogP contribution is -2.46. The first-order chi connectivity index (χ1) is 13.5. The second kappa shape index (κ2) is 8.55. The van der Waals surface area contributed by atoms with Gasteiger partial charge in [0, 0.05) is 37.9 Å². The Morgan fingerprint density at radius 1 is 1.11 bits per heavy atom. The molecule has 9 nitrogen and oxygen atoms in total. The number of methoxy groups -OCH3 is 2. The Balaban J connectivity index is 1.81. The molecule has 1 aliphatic rings. The molecule has 0 atom stereocenters. The van der Waals surface area contributed by atoms with Crippen molar-refractivity contribution in [3.8, 4) is 11.5 Å². The van der Waals surface area contributed by atoms with Crippen LogP contribution in [0.15, 0.2) is 24.3 Å². The van der Waals surface area contributed by atoms with Crippen LogP contribution in [-0.2, 0) is 4.79 Å². The zero-order valence-electron chi connectivity index (χ0n) is 16.1. The molecule has 28 heavy (non-hydrogen) atoms. The van der Waals surface area contributed by atoms with Crippen LogP contribution >= 0.6 is 0 Å². The van der Waals surface area contributed by atoms with E-state index >= 15 is 0 Å². The normalized spacial score (nSPS) is 13.8. The summed E-state index contributed by atoms with van der Waals surface area (Å²) in [5.74, 6) is 1.23. The maximum absolute atomic E-state index is 12.8. The lowest BCUT2D eigenvalue weighted by atomic mass is 10.2. The average molecular weight is 385 g/mol. The van der Waals surface area contributed by atoms with E-state index in [4.69, 9.17) is 9.47 Å². The minimum Gasteiger partial charge on any atom is -0.497 e. The van der Waals surface area contributed by atoms with Crippen LogP contribution in [-0.4, -0.2) is 67.6 Å². The first-order valence-corrected chi connectivity index (χ1v) is 8.87. The third-order valence-corrected chi connectivity index (χ3v) is 4.48. The van der Waals surface area contributed by atoms with Gasteiger partial charge >= 0.3 is 0 Å². The van der Waals surface area contributed by atoms with Crippen LogP contribution in [0.1, 0.15) is 16.2 Å². The van der Waals surface area contributed by atoms with Crippen LogP contribution in [0.25, 0.3) is 0 Å².